The monoisotopic (exact) mass is 261 g/mol. The first-order valence-electron chi connectivity index (χ1n) is 7.20. The summed E-state index contributed by atoms with van der Waals surface area (Å²) in [6, 6.07) is 2.85. The molecule has 5 nitrogen and oxygen atoms in total. The molecule has 5 heteroatoms. The second-order valence-electron chi connectivity index (χ2n) is 5.90. The van der Waals surface area contributed by atoms with Gasteiger partial charge in [0, 0.05) is 39.4 Å². The van der Waals surface area contributed by atoms with Gasteiger partial charge in [-0.25, -0.2) is 4.98 Å². The Balaban J connectivity index is 1.50. The molecule has 0 amide bonds. The smallest absolute Gasteiger partial charge is 0.226 e. The van der Waals surface area contributed by atoms with Crippen molar-refractivity contribution in [3.8, 4) is 0 Å². The van der Waals surface area contributed by atoms with Crippen molar-refractivity contribution in [2.45, 2.75) is 25.3 Å². The van der Waals surface area contributed by atoms with E-state index in [9.17, 15) is 0 Å². The summed E-state index contributed by atoms with van der Waals surface area (Å²) >= 11 is 0. The molecule has 2 heterocycles. The Morgan fingerprint density at radius 2 is 2.21 bits per heavy atom. The van der Waals surface area contributed by atoms with Gasteiger partial charge >= 0.3 is 0 Å². The molecule has 1 unspecified atom stereocenters. The van der Waals surface area contributed by atoms with Crippen LogP contribution in [-0.4, -0.2) is 54.6 Å². The van der Waals surface area contributed by atoms with E-state index in [0.717, 1.165) is 30.3 Å². The van der Waals surface area contributed by atoms with E-state index in [0.29, 0.717) is 0 Å². The molecule has 104 valence electrons. The van der Waals surface area contributed by atoms with Gasteiger partial charge in [-0.15, -0.1) is 0 Å². The van der Waals surface area contributed by atoms with Crippen molar-refractivity contribution < 1.29 is 0 Å². The normalized spacial score (nSPS) is 23.6. The highest BCUT2D eigenvalue weighted by Gasteiger charge is 2.34. The molecule has 0 aromatic carbocycles. The zero-order valence-corrected chi connectivity index (χ0v) is 11.8. The van der Waals surface area contributed by atoms with Crippen LogP contribution in [0.25, 0.3) is 0 Å². The van der Waals surface area contributed by atoms with Crippen molar-refractivity contribution in [2.75, 3.05) is 43.9 Å². The average Bonchev–Trinajstić information content (AvgIpc) is 3.16. The molecular formula is C14H23N5. The first-order chi connectivity index (χ1) is 9.22. The van der Waals surface area contributed by atoms with Crippen molar-refractivity contribution in [1.82, 2.24) is 14.9 Å². The highest BCUT2D eigenvalue weighted by atomic mass is 15.2. The van der Waals surface area contributed by atoms with Gasteiger partial charge in [-0.05, 0) is 37.8 Å². The maximum Gasteiger partial charge on any atom is 0.226 e. The Labute approximate surface area is 115 Å². The summed E-state index contributed by atoms with van der Waals surface area (Å²) in [6.07, 6.45) is 5.96. The van der Waals surface area contributed by atoms with Crippen molar-refractivity contribution in [1.29, 1.82) is 0 Å². The first kappa shape index (κ1) is 12.7. The number of rotatable bonds is 5. The largest absolute Gasteiger partial charge is 0.370 e. The Kier molecular flexibility index (Phi) is 3.55. The van der Waals surface area contributed by atoms with E-state index in [1.165, 1.54) is 32.4 Å². The molecule has 2 fully saturated rings. The summed E-state index contributed by atoms with van der Waals surface area (Å²) in [6.45, 7) is 3.56. The molecule has 1 aliphatic heterocycles. The zero-order valence-electron chi connectivity index (χ0n) is 11.8. The molecule has 1 N–H and O–H groups in total. The summed E-state index contributed by atoms with van der Waals surface area (Å²) in [5.41, 5.74) is 0. The number of likely N-dealkylation sites (tertiary alicyclic amines) is 1. The third-order valence-electron chi connectivity index (χ3n) is 4.00. The number of nitrogens with one attached hydrogen (secondary N) is 1. The van der Waals surface area contributed by atoms with Crippen molar-refractivity contribution in [2.24, 2.45) is 5.92 Å². The van der Waals surface area contributed by atoms with Gasteiger partial charge in [0.1, 0.15) is 5.82 Å². The second kappa shape index (κ2) is 5.33. The molecule has 1 aromatic heterocycles. The third kappa shape index (κ3) is 3.15. The van der Waals surface area contributed by atoms with Crippen molar-refractivity contribution >= 4 is 11.8 Å². The fourth-order valence-electron chi connectivity index (χ4n) is 2.71. The molecule has 2 aliphatic rings. The summed E-state index contributed by atoms with van der Waals surface area (Å²) in [4.78, 5) is 13.3. The van der Waals surface area contributed by atoms with E-state index in [2.05, 4.69) is 20.2 Å². The minimum atomic E-state index is 0.760. The third-order valence-corrected chi connectivity index (χ3v) is 4.00. The van der Waals surface area contributed by atoms with Crippen LogP contribution >= 0.6 is 0 Å². The van der Waals surface area contributed by atoms with E-state index in [1.807, 2.05) is 31.3 Å². The van der Waals surface area contributed by atoms with Crippen LogP contribution in [0.5, 0.6) is 0 Å². The highest BCUT2D eigenvalue weighted by molar-refractivity contribution is 5.40. The quantitative estimate of drug-likeness (QED) is 0.869. The van der Waals surface area contributed by atoms with E-state index in [1.54, 1.807) is 0 Å². The molecule has 1 atom stereocenters. The van der Waals surface area contributed by atoms with Crippen LogP contribution in [0.3, 0.4) is 0 Å². The molecule has 19 heavy (non-hydrogen) atoms. The van der Waals surface area contributed by atoms with Crippen LogP contribution in [-0.2, 0) is 0 Å². The lowest BCUT2D eigenvalue weighted by molar-refractivity contribution is 0.316. The Hall–Kier alpha value is -1.36. The van der Waals surface area contributed by atoms with Crippen LogP contribution in [0.15, 0.2) is 12.3 Å². The van der Waals surface area contributed by atoms with Gasteiger partial charge in [0.15, 0.2) is 0 Å². The lowest BCUT2D eigenvalue weighted by atomic mass is 10.1. The van der Waals surface area contributed by atoms with Gasteiger partial charge < -0.3 is 15.1 Å². The predicted molar refractivity (Wildman–Crippen MR) is 77.6 cm³/mol. The number of anilines is 2. The number of hydrogen-bond donors (Lipinski definition) is 1. The minimum absolute atomic E-state index is 0.760. The van der Waals surface area contributed by atoms with Gasteiger partial charge in [-0.2, -0.15) is 4.98 Å². The maximum atomic E-state index is 4.49. The molecule has 0 radical (unpaired) electrons. The lowest BCUT2D eigenvalue weighted by Gasteiger charge is -2.16. The molecule has 1 saturated carbocycles. The number of aromatic nitrogens is 2. The fourth-order valence-corrected chi connectivity index (χ4v) is 2.71. The average molecular weight is 261 g/mol. The zero-order chi connectivity index (χ0) is 13.2. The van der Waals surface area contributed by atoms with Crippen LogP contribution in [0.2, 0.25) is 0 Å². The van der Waals surface area contributed by atoms with Gasteiger partial charge in [-0.3, -0.25) is 0 Å². The highest BCUT2D eigenvalue weighted by Crippen LogP contribution is 2.31. The first-order valence-corrected chi connectivity index (χ1v) is 7.20. The summed E-state index contributed by atoms with van der Waals surface area (Å²) in [5, 5.41) is 3.46. The predicted octanol–water partition coefficient (Wildman–Crippen LogP) is 1.44. The Morgan fingerprint density at radius 1 is 1.37 bits per heavy atom. The van der Waals surface area contributed by atoms with Gasteiger partial charge in [0.25, 0.3) is 0 Å². The van der Waals surface area contributed by atoms with E-state index < -0.39 is 0 Å². The minimum Gasteiger partial charge on any atom is -0.370 e. The fraction of sp³-hybridized carbons (Fsp3) is 0.714. The molecule has 3 rings (SSSR count). The molecule has 1 aliphatic carbocycles. The maximum absolute atomic E-state index is 4.49. The standard InChI is InChI=1S/C14H23N5/c1-18(2)14-15-7-5-13(17-14)16-9-11-6-8-19(10-11)12-3-4-12/h5,7,11-12H,3-4,6,8-10H2,1-2H3,(H,15,16,17). The van der Waals surface area contributed by atoms with E-state index in [-0.39, 0.29) is 0 Å². The van der Waals surface area contributed by atoms with Crippen LogP contribution < -0.4 is 10.2 Å². The molecule has 1 saturated heterocycles. The van der Waals surface area contributed by atoms with E-state index in [4.69, 9.17) is 0 Å². The number of hydrogen-bond acceptors (Lipinski definition) is 5. The van der Waals surface area contributed by atoms with Crippen LogP contribution in [0.4, 0.5) is 11.8 Å². The number of nitrogens with zero attached hydrogens (tertiary/aromatic N) is 4. The van der Waals surface area contributed by atoms with Crippen LogP contribution in [0.1, 0.15) is 19.3 Å². The Morgan fingerprint density at radius 3 is 2.95 bits per heavy atom. The lowest BCUT2D eigenvalue weighted by Crippen LogP contribution is -2.25. The van der Waals surface area contributed by atoms with Gasteiger partial charge in [0.05, 0.1) is 0 Å². The SMILES string of the molecule is CN(C)c1nccc(NCC2CCN(C3CC3)C2)n1. The molecule has 1 aromatic rings. The summed E-state index contributed by atoms with van der Waals surface area (Å²) in [7, 11) is 3.92. The molecular weight excluding hydrogens is 238 g/mol. The Bertz CT molecular complexity index is 430. The topological polar surface area (TPSA) is 44.3 Å². The van der Waals surface area contributed by atoms with Crippen molar-refractivity contribution in [3.63, 3.8) is 0 Å². The van der Waals surface area contributed by atoms with Gasteiger partial charge in [-0.1, -0.05) is 0 Å². The molecule has 0 spiro atoms. The van der Waals surface area contributed by atoms with Gasteiger partial charge in [0.2, 0.25) is 5.95 Å². The van der Waals surface area contributed by atoms with E-state index >= 15 is 0 Å². The second-order valence-corrected chi connectivity index (χ2v) is 5.90. The van der Waals surface area contributed by atoms with Crippen molar-refractivity contribution in [3.05, 3.63) is 12.3 Å². The molecule has 0 bridgehead atoms. The summed E-state index contributed by atoms with van der Waals surface area (Å²) < 4.78 is 0. The van der Waals surface area contributed by atoms with Crippen LogP contribution in [0, 0.1) is 5.92 Å². The summed E-state index contributed by atoms with van der Waals surface area (Å²) in [5.74, 6) is 2.46.